The molecule has 0 aliphatic heterocycles. The molecule has 0 heterocycles. The van der Waals surface area contributed by atoms with Gasteiger partial charge in [-0.3, -0.25) is 0 Å². The molecular weight excluding hydrogens is 345 g/mol. The zero-order chi connectivity index (χ0) is 18.5. The highest BCUT2D eigenvalue weighted by atomic mass is 19.3. The number of hydrogen-bond acceptors (Lipinski definition) is 0. The minimum absolute atomic E-state index is 0.0759. The lowest BCUT2D eigenvalue weighted by molar-refractivity contribution is 0.410. The third-order valence-corrected chi connectivity index (χ3v) is 5.06. The van der Waals surface area contributed by atoms with Crippen LogP contribution in [0.25, 0.3) is 48.9 Å². The summed E-state index contributed by atoms with van der Waals surface area (Å²) in [4.78, 5) is 0. The molecule has 0 unspecified atom stereocenters. The van der Waals surface area contributed by atoms with Crippen molar-refractivity contribution in [3.8, 4) is 0 Å². The van der Waals surface area contributed by atoms with Crippen LogP contribution in [0.3, 0.4) is 0 Å². The molecule has 5 rings (SSSR count). The number of fused-ring (bicyclic) bond motifs is 4. The normalized spacial score (nSPS) is 11.5. The second-order valence-electron chi connectivity index (χ2n) is 6.70. The van der Waals surface area contributed by atoms with E-state index in [-0.39, 0.29) is 5.56 Å². The Hall–Kier alpha value is -3.33. The van der Waals surface area contributed by atoms with Crippen molar-refractivity contribution in [2.24, 2.45) is 0 Å². The van der Waals surface area contributed by atoms with Gasteiger partial charge in [0, 0.05) is 5.56 Å². The molecule has 0 aromatic heterocycles. The summed E-state index contributed by atoms with van der Waals surface area (Å²) in [5.74, 6) is -1.47. The monoisotopic (exact) mass is 358 g/mol. The quantitative estimate of drug-likeness (QED) is 0.268. The SMILES string of the molecule is FC(F)=C(F)c1cccc2cc3cc4cc5ccccc5cc4cc3cc12. The highest BCUT2D eigenvalue weighted by Crippen LogP contribution is 2.34. The lowest BCUT2D eigenvalue weighted by atomic mass is 9.96. The second-order valence-corrected chi connectivity index (χ2v) is 6.70. The van der Waals surface area contributed by atoms with Crippen molar-refractivity contribution in [3.05, 3.63) is 90.5 Å². The Morgan fingerprint density at radius 1 is 0.481 bits per heavy atom. The van der Waals surface area contributed by atoms with E-state index in [1.54, 1.807) is 12.1 Å². The number of halogens is 3. The van der Waals surface area contributed by atoms with Crippen molar-refractivity contribution < 1.29 is 13.2 Å². The Labute approximate surface area is 153 Å². The molecule has 0 bridgehead atoms. The summed E-state index contributed by atoms with van der Waals surface area (Å²) in [5, 5.41) is 7.57. The van der Waals surface area contributed by atoms with Gasteiger partial charge in [0.25, 0.3) is 0 Å². The van der Waals surface area contributed by atoms with Crippen molar-refractivity contribution >= 4 is 48.9 Å². The molecule has 5 aromatic carbocycles. The molecule has 0 amide bonds. The van der Waals surface area contributed by atoms with Crippen LogP contribution in [-0.2, 0) is 0 Å². The fourth-order valence-corrected chi connectivity index (χ4v) is 3.76. The summed E-state index contributed by atoms with van der Waals surface area (Å²) in [6.07, 6.45) is -2.30. The summed E-state index contributed by atoms with van der Waals surface area (Å²) >= 11 is 0. The van der Waals surface area contributed by atoms with E-state index in [4.69, 9.17) is 0 Å². The number of rotatable bonds is 1. The topological polar surface area (TPSA) is 0 Å². The molecule has 0 spiro atoms. The molecule has 27 heavy (non-hydrogen) atoms. The molecule has 0 N–H and O–H groups in total. The van der Waals surface area contributed by atoms with Gasteiger partial charge in [0.2, 0.25) is 0 Å². The van der Waals surface area contributed by atoms with E-state index in [1.165, 1.54) is 6.07 Å². The Balaban J connectivity index is 1.86. The zero-order valence-corrected chi connectivity index (χ0v) is 14.1. The molecular formula is C24H13F3. The molecule has 0 atom stereocenters. The third-order valence-electron chi connectivity index (χ3n) is 5.06. The Bertz CT molecular complexity index is 1390. The molecule has 0 fully saturated rings. The van der Waals surface area contributed by atoms with Crippen LogP contribution in [0.15, 0.2) is 84.9 Å². The van der Waals surface area contributed by atoms with Crippen molar-refractivity contribution in [3.63, 3.8) is 0 Å². The third kappa shape index (κ3) is 2.55. The van der Waals surface area contributed by atoms with Gasteiger partial charge in [-0.2, -0.15) is 8.78 Å². The van der Waals surface area contributed by atoms with Gasteiger partial charge < -0.3 is 0 Å². The minimum atomic E-state index is -2.30. The van der Waals surface area contributed by atoms with Gasteiger partial charge in [-0.15, -0.1) is 0 Å². The van der Waals surface area contributed by atoms with Crippen LogP contribution in [0.1, 0.15) is 5.56 Å². The van der Waals surface area contributed by atoms with Gasteiger partial charge in [-0.25, -0.2) is 4.39 Å². The maximum Gasteiger partial charge on any atom is 0.306 e. The molecule has 0 aliphatic rings. The Morgan fingerprint density at radius 2 is 0.963 bits per heavy atom. The minimum Gasteiger partial charge on any atom is -0.200 e. The summed E-state index contributed by atoms with van der Waals surface area (Å²) in [5.41, 5.74) is -0.0759. The van der Waals surface area contributed by atoms with E-state index >= 15 is 0 Å². The fourth-order valence-electron chi connectivity index (χ4n) is 3.76. The Kier molecular flexibility index (Phi) is 3.44. The first kappa shape index (κ1) is 15.9. The average Bonchev–Trinajstić information content (AvgIpc) is 2.68. The molecule has 0 radical (unpaired) electrons. The van der Waals surface area contributed by atoms with E-state index in [0.717, 1.165) is 37.7 Å². The van der Waals surface area contributed by atoms with Gasteiger partial charge >= 0.3 is 6.08 Å². The van der Waals surface area contributed by atoms with Crippen LogP contribution < -0.4 is 0 Å². The predicted octanol–water partition coefficient (Wildman–Crippen LogP) is 7.83. The van der Waals surface area contributed by atoms with Crippen LogP contribution in [-0.4, -0.2) is 0 Å². The summed E-state index contributed by atoms with van der Waals surface area (Å²) in [7, 11) is 0. The molecule has 0 nitrogen and oxygen atoms in total. The van der Waals surface area contributed by atoms with Crippen LogP contribution in [0.5, 0.6) is 0 Å². The summed E-state index contributed by atoms with van der Waals surface area (Å²) in [6.45, 7) is 0. The maximum absolute atomic E-state index is 13.9. The van der Waals surface area contributed by atoms with E-state index < -0.39 is 11.9 Å². The van der Waals surface area contributed by atoms with Gasteiger partial charge in [-0.1, -0.05) is 42.5 Å². The lowest BCUT2D eigenvalue weighted by Gasteiger charge is -2.09. The Morgan fingerprint density at radius 3 is 1.56 bits per heavy atom. The zero-order valence-electron chi connectivity index (χ0n) is 14.1. The van der Waals surface area contributed by atoms with E-state index in [1.807, 2.05) is 30.3 Å². The molecule has 0 aliphatic carbocycles. The van der Waals surface area contributed by atoms with Gasteiger partial charge in [0.1, 0.15) is 0 Å². The first-order valence-electron chi connectivity index (χ1n) is 8.60. The first-order chi connectivity index (χ1) is 13.1. The fraction of sp³-hybridized carbons (Fsp3) is 0. The smallest absolute Gasteiger partial charge is 0.200 e. The average molecular weight is 358 g/mol. The number of benzene rings is 5. The van der Waals surface area contributed by atoms with E-state index in [2.05, 4.69) is 30.3 Å². The summed E-state index contributed by atoms with van der Waals surface area (Å²) in [6, 6.07) is 25.0. The molecule has 3 heteroatoms. The molecule has 130 valence electrons. The van der Waals surface area contributed by atoms with Gasteiger partial charge in [0.15, 0.2) is 5.83 Å². The first-order valence-corrected chi connectivity index (χ1v) is 8.60. The molecule has 0 saturated carbocycles. The highest BCUT2D eigenvalue weighted by Gasteiger charge is 2.13. The van der Waals surface area contributed by atoms with Crippen molar-refractivity contribution in [1.29, 1.82) is 0 Å². The van der Waals surface area contributed by atoms with Gasteiger partial charge in [-0.05, 0) is 79.5 Å². The summed E-state index contributed by atoms with van der Waals surface area (Å²) < 4.78 is 39.6. The van der Waals surface area contributed by atoms with Crippen LogP contribution in [0.2, 0.25) is 0 Å². The second kappa shape index (κ2) is 5.85. The van der Waals surface area contributed by atoms with Crippen LogP contribution in [0.4, 0.5) is 13.2 Å². The van der Waals surface area contributed by atoms with E-state index in [0.29, 0.717) is 5.39 Å². The molecule has 0 saturated heterocycles. The van der Waals surface area contributed by atoms with Crippen molar-refractivity contribution in [2.45, 2.75) is 0 Å². The van der Waals surface area contributed by atoms with Crippen LogP contribution >= 0.6 is 0 Å². The number of hydrogen-bond donors (Lipinski definition) is 0. The predicted molar refractivity (Wildman–Crippen MR) is 107 cm³/mol. The van der Waals surface area contributed by atoms with E-state index in [9.17, 15) is 13.2 Å². The largest absolute Gasteiger partial charge is 0.306 e. The van der Waals surface area contributed by atoms with Gasteiger partial charge in [0.05, 0.1) is 0 Å². The maximum atomic E-state index is 13.9. The lowest BCUT2D eigenvalue weighted by Crippen LogP contribution is -1.85. The van der Waals surface area contributed by atoms with Crippen LogP contribution in [0, 0.1) is 0 Å². The highest BCUT2D eigenvalue weighted by molar-refractivity contribution is 6.09. The van der Waals surface area contributed by atoms with Crippen molar-refractivity contribution in [2.75, 3.05) is 0 Å². The molecule has 5 aromatic rings. The van der Waals surface area contributed by atoms with Crippen molar-refractivity contribution in [1.82, 2.24) is 0 Å². The standard InChI is InChI=1S/C24H13F3/c25-23(24(26)27)21-7-3-6-16-10-19-11-17-8-14-4-1-2-5-15(14)9-18(17)12-20(19)13-22(16)21/h1-13H.